The number of nitrogen functional groups attached to an aromatic ring is 1. The Kier molecular flexibility index (Phi) is 13.9. The van der Waals surface area contributed by atoms with E-state index in [0.717, 1.165) is 8.95 Å². The number of halogens is 3. The maximum Gasteiger partial charge on any atom is 0.347 e. The number of pyridine rings is 2. The van der Waals surface area contributed by atoms with Crippen LogP contribution in [0.1, 0.15) is 41.4 Å². The number of hydrogen-bond acceptors (Lipinski definition) is 10. The van der Waals surface area contributed by atoms with Crippen LogP contribution in [-0.4, -0.2) is 43.1 Å². The number of hydrogen-bond donors (Lipinski definition) is 4. The van der Waals surface area contributed by atoms with E-state index in [1.165, 1.54) is 24.4 Å². The first-order valence-corrected chi connectivity index (χ1v) is 18.1. The van der Waals surface area contributed by atoms with E-state index in [1.54, 1.807) is 97.2 Å². The van der Waals surface area contributed by atoms with Crippen molar-refractivity contribution >= 4 is 94.7 Å². The SMILES string of the molecule is Nc1c(C(=O)O)cccc1C(=O)Nc1ccccn1.O=C(Cl)c1ccc(Br)cc1.O=C(Nc1ccccn1)c1cccc2c(=O)oc(-c3ccc(Br)cc3)nc12. The van der Waals surface area contributed by atoms with E-state index in [4.69, 9.17) is 26.9 Å². The number of carbonyl (C=O) groups excluding carboxylic acids is 3. The van der Waals surface area contributed by atoms with Gasteiger partial charge in [-0.15, -0.1) is 0 Å². The molecular formula is C40H27Br2ClN6O7. The van der Waals surface area contributed by atoms with Gasteiger partial charge < -0.3 is 25.9 Å². The van der Waals surface area contributed by atoms with Crippen LogP contribution >= 0.6 is 43.5 Å². The fraction of sp³-hybridized carbons (Fsp3) is 0. The van der Waals surface area contributed by atoms with Crippen molar-refractivity contribution in [3.05, 3.63) is 175 Å². The van der Waals surface area contributed by atoms with Crippen LogP contribution in [0, 0.1) is 0 Å². The van der Waals surface area contributed by atoms with Crippen LogP contribution in [0.5, 0.6) is 0 Å². The molecular weight excluding hydrogens is 872 g/mol. The summed E-state index contributed by atoms with van der Waals surface area (Å²) in [6, 6.07) is 33.4. The van der Waals surface area contributed by atoms with Gasteiger partial charge in [0.15, 0.2) is 0 Å². The summed E-state index contributed by atoms with van der Waals surface area (Å²) in [6.07, 6.45) is 3.11. The second kappa shape index (κ2) is 19.2. The molecule has 0 unspecified atom stereocenters. The third-order valence-electron chi connectivity index (χ3n) is 7.46. The number of anilines is 3. The summed E-state index contributed by atoms with van der Waals surface area (Å²) in [5.41, 5.74) is 6.76. The highest BCUT2D eigenvalue weighted by atomic mass is 79.9. The zero-order chi connectivity index (χ0) is 40.2. The Bertz CT molecular complexity index is 2580. The Morgan fingerprint density at radius 3 is 1.71 bits per heavy atom. The molecule has 3 heterocycles. The van der Waals surface area contributed by atoms with Crippen LogP contribution < -0.4 is 22.0 Å². The molecule has 0 radical (unpaired) electrons. The van der Waals surface area contributed by atoms with Crippen molar-refractivity contribution in [2.75, 3.05) is 16.4 Å². The van der Waals surface area contributed by atoms with Gasteiger partial charge in [-0.1, -0.05) is 56.1 Å². The van der Waals surface area contributed by atoms with Gasteiger partial charge in [0.2, 0.25) is 5.89 Å². The van der Waals surface area contributed by atoms with Gasteiger partial charge in [-0.05, 0) is 109 Å². The average molecular weight is 899 g/mol. The van der Waals surface area contributed by atoms with E-state index < -0.39 is 28.7 Å². The second-order valence-corrected chi connectivity index (χ2v) is 13.4. The van der Waals surface area contributed by atoms with Gasteiger partial charge in [-0.3, -0.25) is 14.4 Å². The summed E-state index contributed by atoms with van der Waals surface area (Å²) in [7, 11) is 0. The lowest BCUT2D eigenvalue weighted by molar-refractivity contribution is 0.0697. The Balaban J connectivity index is 0.000000179. The van der Waals surface area contributed by atoms with E-state index in [1.807, 2.05) is 12.1 Å². The molecule has 0 fully saturated rings. The van der Waals surface area contributed by atoms with Gasteiger partial charge in [0.25, 0.3) is 17.1 Å². The number of carbonyl (C=O) groups is 4. The smallest absolute Gasteiger partial charge is 0.347 e. The normalized spacial score (nSPS) is 10.2. The summed E-state index contributed by atoms with van der Waals surface area (Å²) in [6.45, 7) is 0. The lowest BCUT2D eigenvalue weighted by Crippen LogP contribution is -2.16. The summed E-state index contributed by atoms with van der Waals surface area (Å²) < 4.78 is 7.18. The Labute approximate surface area is 339 Å². The number of para-hydroxylation sites is 2. The van der Waals surface area contributed by atoms with Crippen LogP contribution in [0.4, 0.5) is 17.3 Å². The molecule has 0 saturated heterocycles. The second-order valence-electron chi connectivity index (χ2n) is 11.2. The number of amides is 2. The highest BCUT2D eigenvalue weighted by Gasteiger charge is 2.18. The Morgan fingerprint density at radius 1 is 0.661 bits per heavy atom. The monoisotopic (exact) mass is 896 g/mol. The molecule has 16 heteroatoms. The first kappa shape index (κ1) is 40.6. The zero-order valence-corrected chi connectivity index (χ0v) is 32.6. The van der Waals surface area contributed by atoms with Crippen molar-refractivity contribution in [2.45, 2.75) is 0 Å². The molecule has 0 aliphatic heterocycles. The van der Waals surface area contributed by atoms with Crippen molar-refractivity contribution in [3.63, 3.8) is 0 Å². The highest BCUT2D eigenvalue weighted by Crippen LogP contribution is 2.23. The van der Waals surface area contributed by atoms with Crippen LogP contribution in [0.25, 0.3) is 22.4 Å². The maximum atomic E-state index is 12.7. The Hall–Kier alpha value is -6.55. The minimum atomic E-state index is -1.18. The molecule has 280 valence electrons. The lowest BCUT2D eigenvalue weighted by atomic mass is 10.1. The van der Waals surface area contributed by atoms with Crippen LogP contribution in [0.2, 0.25) is 0 Å². The number of nitrogens with zero attached hydrogens (tertiary/aromatic N) is 3. The number of carboxylic acids is 1. The number of carboxylic acid groups (broad SMARTS) is 1. The highest BCUT2D eigenvalue weighted by molar-refractivity contribution is 9.10. The predicted molar refractivity (Wildman–Crippen MR) is 220 cm³/mol. The quantitative estimate of drug-likeness (QED) is 0.0879. The van der Waals surface area contributed by atoms with E-state index in [9.17, 15) is 24.0 Å². The van der Waals surface area contributed by atoms with E-state index in [2.05, 4.69) is 57.4 Å². The summed E-state index contributed by atoms with van der Waals surface area (Å²) in [4.78, 5) is 71.0. The van der Waals surface area contributed by atoms with Gasteiger partial charge in [-0.25, -0.2) is 24.5 Å². The van der Waals surface area contributed by atoms with Gasteiger partial charge in [0, 0.05) is 32.5 Å². The number of nitrogens with two attached hydrogens (primary N) is 1. The number of aromatic nitrogens is 3. The number of fused-ring (bicyclic) bond motifs is 1. The fourth-order valence-electron chi connectivity index (χ4n) is 4.77. The number of benzene rings is 4. The minimum Gasteiger partial charge on any atom is -0.478 e. The number of rotatable bonds is 7. The molecule has 4 aromatic carbocycles. The molecule has 13 nitrogen and oxygen atoms in total. The van der Waals surface area contributed by atoms with Crippen molar-refractivity contribution in [1.82, 2.24) is 15.0 Å². The summed E-state index contributed by atoms with van der Waals surface area (Å²) >= 11 is 11.8. The minimum absolute atomic E-state index is 0.0663. The van der Waals surface area contributed by atoms with Gasteiger partial charge in [0.1, 0.15) is 11.6 Å². The van der Waals surface area contributed by atoms with Crippen LogP contribution in [0.3, 0.4) is 0 Å². The molecule has 0 spiro atoms. The molecule has 7 aromatic rings. The lowest BCUT2D eigenvalue weighted by Gasteiger charge is -2.08. The largest absolute Gasteiger partial charge is 0.478 e. The van der Waals surface area contributed by atoms with Crippen molar-refractivity contribution in [3.8, 4) is 11.5 Å². The van der Waals surface area contributed by atoms with Crippen LogP contribution in [0.15, 0.2) is 152 Å². The fourth-order valence-corrected chi connectivity index (χ4v) is 5.42. The molecule has 3 aromatic heterocycles. The molecule has 56 heavy (non-hydrogen) atoms. The first-order valence-electron chi connectivity index (χ1n) is 16.1. The first-order chi connectivity index (χ1) is 26.9. The average Bonchev–Trinajstić information content (AvgIpc) is 3.19. The third-order valence-corrected chi connectivity index (χ3v) is 8.74. The third kappa shape index (κ3) is 10.8. The van der Waals surface area contributed by atoms with Gasteiger partial charge in [0.05, 0.1) is 33.3 Å². The standard InChI is InChI=1S/C20H12BrN3O3.C13H11N3O3.C7H4BrClO/c21-13-9-7-12(8-10-13)19-24-17-14(4-3-5-15(17)20(26)27-19)18(25)23-16-6-1-2-11-22-16;14-11-8(4-3-5-9(11)13(18)19)12(17)16-10-6-1-2-7-15-10;8-6-3-1-5(2-4-6)7(9)10/h1-11H,(H,22,23,25);1-7H,14H2,(H,18,19)(H,15,16,17);1-4H. The van der Waals surface area contributed by atoms with E-state index in [-0.39, 0.29) is 39.2 Å². The summed E-state index contributed by atoms with van der Waals surface area (Å²) in [5, 5.41) is 14.0. The van der Waals surface area contributed by atoms with Crippen molar-refractivity contribution in [1.29, 1.82) is 0 Å². The maximum absolute atomic E-state index is 12.7. The molecule has 0 atom stereocenters. The molecule has 0 saturated carbocycles. The Morgan fingerprint density at radius 2 is 1.18 bits per heavy atom. The zero-order valence-electron chi connectivity index (χ0n) is 28.7. The molecule has 0 bridgehead atoms. The van der Waals surface area contributed by atoms with Crippen molar-refractivity contribution < 1.29 is 28.7 Å². The molecule has 0 aliphatic rings. The number of aromatic carboxylic acids is 1. The van der Waals surface area contributed by atoms with Gasteiger partial charge in [-0.2, -0.15) is 0 Å². The number of nitrogens with one attached hydrogen (secondary N) is 2. The van der Waals surface area contributed by atoms with Crippen LogP contribution in [-0.2, 0) is 0 Å². The molecule has 2 amide bonds. The summed E-state index contributed by atoms with van der Waals surface area (Å²) in [5.74, 6) is -1.15. The van der Waals surface area contributed by atoms with E-state index in [0.29, 0.717) is 22.8 Å². The van der Waals surface area contributed by atoms with E-state index >= 15 is 0 Å². The van der Waals surface area contributed by atoms with Crippen molar-refractivity contribution in [2.24, 2.45) is 0 Å². The predicted octanol–water partition coefficient (Wildman–Crippen LogP) is 8.71. The molecule has 7 rings (SSSR count). The van der Waals surface area contributed by atoms with Gasteiger partial charge >= 0.3 is 11.6 Å². The molecule has 0 aliphatic carbocycles. The topological polar surface area (TPSA) is 207 Å². The molecule has 5 N–H and O–H groups in total.